The van der Waals surface area contributed by atoms with Crippen LogP contribution in [0.3, 0.4) is 0 Å². The fourth-order valence-electron chi connectivity index (χ4n) is 2.65. The van der Waals surface area contributed by atoms with Crippen molar-refractivity contribution in [2.75, 3.05) is 0 Å². The molecular weight excluding hydrogens is 328 g/mol. The van der Waals surface area contributed by atoms with Crippen LogP contribution in [0.2, 0.25) is 0 Å². The first kappa shape index (κ1) is 32.3. The van der Waals surface area contributed by atoms with E-state index in [1.807, 2.05) is 0 Å². The Hall–Kier alpha value is -1.41. The number of carbonyl (C=O) groups is 1. The molecule has 2 N–H and O–H groups in total. The summed E-state index contributed by atoms with van der Waals surface area (Å²) < 4.78 is 0. The van der Waals surface area contributed by atoms with E-state index >= 15 is 0 Å². The number of unbranched alkanes of at least 4 members (excludes halogenated alkanes) is 14. The first-order valence-corrected chi connectivity index (χ1v) is 9.92. The molecule has 0 saturated heterocycles. The topological polar surface area (TPSA) is 74.6 Å². The third-order valence-corrected chi connectivity index (χ3v) is 3.99. The molecule has 0 aliphatic rings. The zero-order valence-electron chi connectivity index (χ0n) is 17.4. The van der Waals surface area contributed by atoms with Gasteiger partial charge in [-0.05, 0) is 6.42 Å². The minimum absolute atomic E-state index is 0. The first-order valence-electron chi connectivity index (χ1n) is 9.92. The molecule has 0 spiro atoms. The van der Waals surface area contributed by atoms with Gasteiger partial charge in [-0.1, -0.05) is 104 Å². The second kappa shape index (κ2) is 34.8. The molecule has 0 radical (unpaired) electrons. The van der Waals surface area contributed by atoms with E-state index in [-0.39, 0.29) is 10.3 Å². The molecule has 0 aromatic carbocycles. The molecule has 0 heterocycles. The van der Waals surface area contributed by atoms with Gasteiger partial charge in [0.1, 0.15) is 0 Å². The Labute approximate surface area is 166 Å². The number of hydrogen-bond acceptors (Lipinski definition) is 2. The highest BCUT2D eigenvalue weighted by atomic mass is 16.4. The molecule has 0 rings (SSSR count). The third kappa shape index (κ3) is 43.3. The normalized spacial score (nSPS) is 8.81. The number of aliphatic hydroxyl groups excluding tert-OH is 1. The van der Waals surface area contributed by atoms with E-state index in [0.29, 0.717) is 12.9 Å². The highest BCUT2D eigenvalue weighted by molar-refractivity contribution is 5.66. The molecule has 0 unspecified atom stereocenters. The molecule has 0 saturated carbocycles. The fraction of sp³-hybridized carbons (Fsp3) is 0.818. The average molecular weight is 377 g/mol. The van der Waals surface area contributed by atoms with Crippen molar-refractivity contribution in [1.82, 2.24) is 0 Å². The van der Waals surface area contributed by atoms with Crippen LogP contribution in [0, 0.1) is 0 Å². The molecule has 4 nitrogen and oxygen atoms in total. The highest BCUT2D eigenvalue weighted by Gasteiger charge is 1.97. The van der Waals surface area contributed by atoms with E-state index in [4.69, 9.17) is 15.0 Å². The maximum absolute atomic E-state index is 10.3. The molecule has 0 atom stereocenters. The summed E-state index contributed by atoms with van der Waals surface area (Å²) in [6.07, 6.45) is 20.2. The van der Waals surface area contributed by atoms with Crippen molar-refractivity contribution in [3.63, 3.8) is 0 Å². The summed E-state index contributed by atoms with van der Waals surface area (Å²) in [6, 6.07) is 0. The standard InChI is InChI=1S/C18H36O2.C2H4.CHO2.CH4.H2/c1-2-3-4-5-6-7-8-9-10-11-12-13-14-15-16-17-18(19)20;1-2;2-1-3;;/h2-17H2,1H3,(H,19,20);1-2H2;(H,2,3);1H4;1H/q;;+1;;/p+1. The Bertz CT molecular complexity index is 265. The van der Waals surface area contributed by atoms with Gasteiger partial charge in [0.15, 0.2) is 0 Å². The van der Waals surface area contributed by atoms with Crippen LogP contribution in [0.15, 0.2) is 13.2 Å². The van der Waals surface area contributed by atoms with E-state index in [1.54, 1.807) is 0 Å². The fourth-order valence-corrected chi connectivity index (χ4v) is 2.65. The predicted molar refractivity (Wildman–Crippen MR) is 117 cm³/mol. The Morgan fingerprint density at radius 2 is 1.04 bits per heavy atom. The van der Waals surface area contributed by atoms with Crippen molar-refractivity contribution in [2.24, 2.45) is 0 Å². The molecule has 4 heteroatoms. The van der Waals surface area contributed by atoms with Gasteiger partial charge in [-0.25, -0.2) is 5.11 Å². The van der Waals surface area contributed by atoms with Gasteiger partial charge in [0.05, 0.1) is 4.79 Å². The summed E-state index contributed by atoms with van der Waals surface area (Å²) in [5.74, 6) is -0.653. The van der Waals surface area contributed by atoms with Gasteiger partial charge in [-0.3, -0.25) is 4.79 Å². The minimum atomic E-state index is -0.653. The summed E-state index contributed by atoms with van der Waals surface area (Å²) in [5.41, 5.74) is 0. The maximum atomic E-state index is 10.3. The van der Waals surface area contributed by atoms with Gasteiger partial charge in [0.25, 0.3) is 0 Å². The lowest BCUT2D eigenvalue weighted by molar-refractivity contribution is -0.137. The number of hydrogen-bond donors (Lipinski definition) is 2. The summed E-state index contributed by atoms with van der Waals surface area (Å²) in [7, 11) is 0. The molecule has 0 aliphatic heterocycles. The summed E-state index contributed by atoms with van der Waals surface area (Å²) >= 11 is 0. The highest BCUT2D eigenvalue weighted by Crippen LogP contribution is 2.13. The number of carboxylic acids is 1. The largest absolute Gasteiger partial charge is 1.00 e. The monoisotopic (exact) mass is 376 g/mol. The molecule has 0 aliphatic carbocycles. The minimum Gasteiger partial charge on any atom is -0.481 e. The number of carboxylic acid groups (broad SMARTS) is 1. The molecule has 0 aromatic rings. The van der Waals surface area contributed by atoms with Crippen LogP contribution < -0.4 is 0 Å². The van der Waals surface area contributed by atoms with E-state index < -0.39 is 5.97 Å². The SMILES string of the molecule is C.C=C.CCCCCCCCCCCCCCCCCC(=O)O.O=[C+]O.[H+].[HH]. The number of aliphatic carboxylic acids is 1. The quantitative estimate of drug-likeness (QED) is 0.164. The lowest BCUT2D eigenvalue weighted by atomic mass is 10.0. The van der Waals surface area contributed by atoms with Gasteiger partial charge in [-0.15, -0.1) is 13.2 Å². The average Bonchev–Trinajstić information content (AvgIpc) is 2.60. The second-order valence-corrected chi connectivity index (χ2v) is 6.18. The van der Waals surface area contributed by atoms with E-state index in [1.165, 1.54) is 83.5 Å². The van der Waals surface area contributed by atoms with Crippen molar-refractivity contribution >= 4 is 12.4 Å². The zero-order valence-corrected chi connectivity index (χ0v) is 16.4. The molecule has 0 amide bonds. The van der Waals surface area contributed by atoms with Crippen molar-refractivity contribution in [1.29, 1.82) is 0 Å². The molecule has 0 fully saturated rings. The lowest BCUT2D eigenvalue weighted by Crippen LogP contribution is -1.93. The van der Waals surface area contributed by atoms with Crippen molar-refractivity contribution in [3.8, 4) is 0 Å². The van der Waals surface area contributed by atoms with Crippen LogP contribution in [0.4, 0.5) is 0 Å². The Kier molecular flexibility index (Phi) is 43.2. The van der Waals surface area contributed by atoms with Crippen molar-refractivity contribution in [3.05, 3.63) is 13.2 Å². The van der Waals surface area contributed by atoms with Crippen LogP contribution in [-0.2, 0) is 9.59 Å². The van der Waals surface area contributed by atoms with Gasteiger partial charge in [0, 0.05) is 7.85 Å². The maximum Gasteiger partial charge on any atom is 1.00 e. The van der Waals surface area contributed by atoms with E-state index in [9.17, 15) is 4.79 Å². The molecule has 158 valence electrons. The second-order valence-electron chi connectivity index (χ2n) is 6.18. The molecule has 26 heavy (non-hydrogen) atoms. The van der Waals surface area contributed by atoms with E-state index in [2.05, 4.69) is 20.1 Å². The summed E-state index contributed by atoms with van der Waals surface area (Å²) in [4.78, 5) is 18.6. The molecular formula is C22H48O4+2. The van der Waals surface area contributed by atoms with Crippen LogP contribution >= 0.6 is 0 Å². The lowest BCUT2D eigenvalue weighted by Gasteiger charge is -2.03. The smallest absolute Gasteiger partial charge is 0.481 e. The first-order chi connectivity index (χ1) is 12.2. The molecule has 0 bridgehead atoms. The summed E-state index contributed by atoms with van der Waals surface area (Å²) in [6.45, 7) is 8.77. The zero-order chi connectivity index (χ0) is 19.6. The van der Waals surface area contributed by atoms with Crippen molar-refractivity contribution < 1.29 is 22.7 Å². The van der Waals surface area contributed by atoms with Gasteiger partial charge < -0.3 is 5.11 Å². The van der Waals surface area contributed by atoms with Crippen LogP contribution in [0.1, 0.15) is 120 Å². The predicted octanol–water partition coefficient (Wildman–Crippen LogP) is 7.74. The Balaban J connectivity index is -0.000000137. The van der Waals surface area contributed by atoms with Crippen LogP contribution in [-0.4, -0.2) is 22.7 Å². The van der Waals surface area contributed by atoms with Crippen LogP contribution in [0.25, 0.3) is 0 Å². The van der Waals surface area contributed by atoms with Crippen molar-refractivity contribution in [2.45, 2.75) is 117 Å². The van der Waals surface area contributed by atoms with Crippen LogP contribution in [0.5, 0.6) is 0 Å². The van der Waals surface area contributed by atoms with E-state index in [0.717, 1.165) is 12.8 Å². The van der Waals surface area contributed by atoms with Gasteiger partial charge in [0.2, 0.25) is 0 Å². The third-order valence-electron chi connectivity index (χ3n) is 3.99. The van der Waals surface area contributed by atoms with Gasteiger partial charge in [-0.2, -0.15) is 0 Å². The number of rotatable bonds is 16. The van der Waals surface area contributed by atoms with Gasteiger partial charge >= 0.3 is 13.9 Å². The molecule has 0 aromatic heterocycles. The summed E-state index contributed by atoms with van der Waals surface area (Å²) in [5, 5.41) is 15.3. The Morgan fingerprint density at radius 3 is 1.27 bits per heavy atom. The Morgan fingerprint density at radius 1 is 0.808 bits per heavy atom.